The Bertz CT molecular complexity index is 1120. The summed E-state index contributed by atoms with van der Waals surface area (Å²) in [7, 11) is -3.72. The van der Waals surface area contributed by atoms with Gasteiger partial charge in [0, 0.05) is 24.7 Å². The summed E-state index contributed by atoms with van der Waals surface area (Å²) in [6.45, 7) is 3.59. The standard InChI is InChI=1S/C23H26N2O3S/c1-2-17-6-9-19(10-7-17)29(27,28)22-15-24-21-11-8-18(16-26)14-20(21)23(22)25-12-4-3-5-13-25/h6-11,14-15,26H,2-5,12-13,16H2,1H3. The van der Waals surface area contributed by atoms with E-state index in [1.807, 2.05) is 37.3 Å². The molecule has 0 spiro atoms. The summed E-state index contributed by atoms with van der Waals surface area (Å²) in [6, 6.07) is 12.6. The average Bonchev–Trinajstić information content (AvgIpc) is 2.78. The lowest BCUT2D eigenvalue weighted by molar-refractivity contribution is 0.282. The number of fused-ring (bicyclic) bond motifs is 1. The van der Waals surface area contributed by atoms with E-state index in [0.29, 0.717) is 5.69 Å². The van der Waals surface area contributed by atoms with Crippen molar-refractivity contribution in [3.8, 4) is 0 Å². The largest absolute Gasteiger partial charge is 0.392 e. The van der Waals surface area contributed by atoms with Gasteiger partial charge in [0.15, 0.2) is 0 Å². The molecule has 1 N–H and O–H groups in total. The van der Waals surface area contributed by atoms with E-state index in [4.69, 9.17) is 0 Å². The van der Waals surface area contributed by atoms with Crippen LogP contribution < -0.4 is 4.90 Å². The molecule has 1 aliphatic rings. The van der Waals surface area contributed by atoms with E-state index in [1.165, 1.54) is 6.20 Å². The van der Waals surface area contributed by atoms with Gasteiger partial charge in [-0.25, -0.2) is 8.42 Å². The summed E-state index contributed by atoms with van der Waals surface area (Å²) in [6.07, 6.45) is 5.58. The molecule has 5 nitrogen and oxygen atoms in total. The summed E-state index contributed by atoms with van der Waals surface area (Å²) in [5.74, 6) is 0. The van der Waals surface area contributed by atoms with E-state index in [9.17, 15) is 13.5 Å². The van der Waals surface area contributed by atoms with E-state index >= 15 is 0 Å². The minimum absolute atomic E-state index is 0.0924. The Morgan fingerprint density at radius 2 is 1.69 bits per heavy atom. The Labute approximate surface area is 171 Å². The lowest BCUT2D eigenvalue weighted by atomic mass is 10.1. The molecule has 6 heteroatoms. The van der Waals surface area contributed by atoms with Crippen LogP contribution in [0.2, 0.25) is 0 Å². The van der Waals surface area contributed by atoms with Crippen molar-refractivity contribution in [2.24, 2.45) is 0 Å². The first-order valence-corrected chi connectivity index (χ1v) is 11.6. The molecule has 0 amide bonds. The molecule has 0 saturated carbocycles. The predicted octanol–water partition coefficient (Wildman–Crippen LogP) is 4.11. The fraction of sp³-hybridized carbons (Fsp3) is 0.348. The predicted molar refractivity (Wildman–Crippen MR) is 115 cm³/mol. The summed E-state index contributed by atoms with van der Waals surface area (Å²) >= 11 is 0. The number of hydrogen-bond donors (Lipinski definition) is 1. The molecular formula is C23H26N2O3S. The van der Waals surface area contributed by atoms with Gasteiger partial charge < -0.3 is 10.0 Å². The van der Waals surface area contributed by atoms with Crippen molar-refractivity contribution in [3.05, 3.63) is 59.8 Å². The Morgan fingerprint density at radius 3 is 2.34 bits per heavy atom. The minimum Gasteiger partial charge on any atom is -0.392 e. The molecule has 4 rings (SSSR count). The van der Waals surface area contributed by atoms with Crippen LogP contribution in [0.15, 0.2) is 58.5 Å². The van der Waals surface area contributed by atoms with Crippen molar-refractivity contribution in [1.29, 1.82) is 0 Å². The molecule has 0 unspecified atom stereocenters. The van der Waals surface area contributed by atoms with Crippen molar-refractivity contribution in [2.75, 3.05) is 18.0 Å². The first kappa shape index (κ1) is 19.9. The van der Waals surface area contributed by atoms with E-state index in [2.05, 4.69) is 9.88 Å². The zero-order valence-electron chi connectivity index (χ0n) is 16.6. The second-order valence-electron chi connectivity index (χ2n) is 7.53. The van der Waals surface area contributed by atoms with Gasteiger partial charge in [-0.2, -0.15) is 0 Å². The lowest BCUT2D eigenvalue weighted by Crippen LogP contribution is -2.31. The molecule has 0 aliphatic carbocycles. The molecule has 1 aromatic heterocycles. The number of nitrogens with zero attached hydrogens (tertiary/aromatic N) is 2. The van der Waals surface area contributed by atoms with Gasteiger partial charge in [0.1, 0.15) is 4.90 Å². The van der Waals surface area contributed by atoms with Crippen LogP contribution in [0.25, 0.3) is 10.9 Å². The fourth-order valence-electron chi connectivity index (χ4n) is 3.98. The maximum atomic E-state index is 13.6. The summed E-state index contributed by atoms with van der Waals surface area (Å²) < 4.78 is 27.2. The average molecular weight is 411 g/mol. The highest BCUT2D eigenvalue weighted by molar-refractivity contribution is 7.91. The van der Waals surface area contributed by atoms with Crippen molar-refractivity contribution in [2.45, 2.75) is 49.0 Å². The van der Waals surface area contributed by atoms with E-state index in [1.54, 1.807) is 12.1 Å². The third-order valence-electron chi connectivity index (χ3n) is 5.66. The number of hydrogen-bond acceptors (Lipinski definition) is 5. The number of pyridine rings is 1. The molecule has 0 atom stereocenters. The second-order valence-corrected chi connectivity index (χ2v) is 9.45. The Hall–Kier alpha value is -2.44. The number of sulfone groups is 1. The van der Waals surface area contributed by atoms with E-state index in [-0.39, 0.29) is 16.4 Å². The van der Waals surface area contributed by atoms with Crippen LogP contribution in [-0.2, 0) is 22.9 Å². The molecule has 29 heavy (non-hydrogen) atoms. The Balaban J connectivity index is 1.94. The van der Waals surface area contributed by atoms with Gasteiger partial charge in [0.25, 0.3) is 0 Å². The number of rotatable bonds is 5. The van der Waals surface area contributed by atoms with Gasteiger partial charge in [-0.3, -0.25) is 4.98 Å². The summed E-state index contributed by atoms with van der Waals surface area (Å²) in [4.78, 5) is 7.15. The molecule has 152 valence electrons. The SMILES string of the molecule is CCc1ccc(S(=O)(=O)c2cnc3ccc(CO)cc3c2N2CCCCC2)cc1. The highest BCUT2D eigenvalue weighted by Crippen LogP contribution is 2.37. The van der Waals surface area contributed by atoms with Gasteiger partial charge in [-0.15, -0.1) is 0 Å². The highest BCUT2D eigenvalue weighted by atomic mass is 32.2. The normalized spacial score (nSPS) is 15.0. The van der Waals surface area contributed by atoms with Crippen LogP contribution in [0.5, 0.6) is 0 Å². The zero-order chi connectivity index (χ0) is 20.4. The second kappa shape index (κ2) is 8.13. The molecule has 2 aromatic carbocycles. The number of anilines is 1. The highest BCUT2D eigenvalue weighted by Gasteiger charge is 2.27. The first-order chi connectivity index (χ1) is 14.0. The molecule has 1 aliphatic heterocycles. The molecule has 0 radical (unpaired) electrons. The third kappa shape index (κ3) is 3.74. The number of aromatic nitrogens is 1. The number of aryl methyl sites for hydroxylation is 1. The van der Waals surface area contributed by atoms with Crippen LogP contribution in [0.4, 0.5) is 5.69 Å². The molecule has 3 aromatic rings. The molecule has 2 heterocycles. The smallest absolute Gasteiger partial charge is 0.210 e. The number of piperidine rings is 1. The van der Waals surface area contributed by atoms with E-state index < -0.39 is 9.84 Å². The van der Waals surface area contributed by atoms with Crippen molar-refractivity contribution in [1.82, 2.24) is 4.98 Å². The topological polar surface area (TPSA) is 70.5 Å². The van der Waals surface area contributed by atoms with Gasteiger partial charge >= 0.3 is 0 Å². The van der Waals surface area contributed by atoms with E-state index in [0.717, 1.165) is 60.8 Å². The molecule has 1 saturated heterocycles. The fourth-order valence-corrected chi connectivity index (χ4v) is 5.41. The number of aliphatic hydroxyl groups is 1. The Kier molecular flexibility index (Phi) is 5.56. The Morgan fingerprint density at radius 1 is 1.00 bits per heavy atom. The van der Waals surface area contributed by atoms with Crippen LogP contribution in [0.1, 0.15) is 37.3 Å². The minimum atomic E-state index is -3.72. The lowest BCUT2D eigenvalue weighted by Gasteiger charge is -2.31. The first-order valence-electron chi connectivity index (χ1n) is 10.2. The van der Waals surface area contributed by atoms with Gasteiger partial charge in [-0.1, -0.05) is 25.1 Å². The molecule has 0 bridgehead atoms. The molecular weight excluding hydrogens is 384 g/mol. The summed E-state index contributed by atoms with van der Waals surface area (Å²) in [5.41, 5.74) is 3.30. The maximum absolute atomic E-state index is 13.6. The van der Waals surface area contributed by atoms with Crippen LogP contribution >= 0.6 is 0 Å². The third-order valence-corrected chi connectivity index (χ3v) is 7.43. The number of aliphatic hydroxyl groups excluding tert-OH is 1. The quantitative estimate of drug-likeness (QED) is 0.685. The van der Waals surface area contributed by atoms with Crippen LogP contribution in [-0.4, -0.2) is 31.6 Å². The zero-order valence-corrected chi connectivity index (χ0v) is 17.5. The van der Waals surface area contributed by atoms with Gasteiger partial charge in [0.2, 0.25) is 9.84 Å². The van der Waals surface area contributed by atoms with Gasteiger partial charge in [-0.05, 0) is 61.1 Å². The van der Waals surface area contributed by atoms with Crippen molar-refractivity contribution < 1.29 is 13.5 Å². The van der Waals surface area contributed by atoms with Crippen LogP contribution in [0, 0.1) is 0 Å². The molecule has 1 fully saturated rings. The van der Waals surface area contributed by atoms with Gasteiger partial charge in [0.05, 0.1) is 22.7 Å². The summed E-state index contributed by atoms with van der Waals surface area (Å²) in [5, 5.41) is 10.4. The van der Waals surface area contributed by atoms with Crippen molar-refractivity contribution in [3.63, 3.8) is 0 Å². The maximum Gasteiger partial charge on any atom is 0.210 e. The number of benzene rings is 2. The van der Waals surface area contributed by atoms with Crippen molar-refractivity contribution >= 4 is 26.4 Å². The monoisotopic (exact) mass is 410 g/mol. The van der Waals surface area contributed by atoms with Crippen LogP contribution in [0.3, 0.4) is 0 Å².